The van der Waals surface area contributed by atoms with Crippen molar-refractivity contribution in [1.29, 1.82) is 0 Å². The molecule has 0 radical (unpaired) electrons. The summed E-state index contributed by atoms with van der Waals surface area (Å²) in [5.41, 5.74) is 0.536. The molecule has 0 aliphatic heterocycles. The van der Waals surface area contributed by atoms with Gasteiger partial charge in [0.1, 0.15) is 5.82 Å². The van der Waals surface area contributed by atoms with Gasteiger partial charge >= 0.3 is 6.61 Å². The molecule has 9 nitrogen and oxygen atoms in total. The van der Waals surface area contributed by atoms with Gasteiger partial charge in [0.2, 0.25) is 5.91 Å². The minimum atomic E-state index is -2.98. The molecule has 0 unspecified atom stereocenters. The summed E-state index contributed by atoms with van der Waals surface area (Å²) in [5.74, 6) is 0.967. The molecule has 0 saturated heterocycles. The highest BCUT2D eigenvalue weighted by Crippen LogP contribution is 2.29. The van der Waals surface area contributed by atoms with Gasteiger partial charge in [-0.2, -0.15) is 13.9 Å². The van der Waals surface area contributed by atoms with E-state index in [-0.39, 0.29) is 35.5 Å². The summed E-state index contributed by atoms with van der Waals surface area (Å²) in [6, 6.07) is 11.0. The van der Waals surface area contributed by atoms with E-state index in [1.807, 2.05) is 0 Å². The monoisotopic (exact) mass is 441 g/mol. The molecule has 0 saturated carbocycles. The highest BCUT2D eigenvalue weighted by Gasteiger charge is 2.15. The summed E-state index contributed by atoms with van der Waals surface area (Å²) >= 11 is 0. The van der Waals surface area contributed by atoms with Crippen molar-refractivity contribution < 1.29 is 27.5 Å². The number of carbonyl (C=O) groups excluding carboxylic acids is 1. The molecule has 0 aliphatic carbocycles. The number of halogens is 2. The molecule has 0 atom stereocenters. The molecule has 0 bridgehead atoms. The van der Waals surface area contributed by atoms with E-state index in [0.29, 0.717) is 17.1 Å². The van der Waals surface area contributed by atoms with E-state index in [1.165, 1.54) is 36.3 Å². The average molecular weight is 441 g/mol. The van der Waals surface area contributed by atoms with Crippen LogP contribution in [-0.2, 0) is 11.2 Å². The van der Waals surface area contributed by atoms with Gasteiger partial charge in [-0.15, -0.1) is 0 Å². The molecular formula is C21H17F2N5O4. The summed E-state index contributed by atoms with van der Waals surface area (Å²) in [6.45, 7) is -2.98. The van der Waals surface area contributed by atoms with Crippen LogP contribution in [0.15, 0.2) is 65.5 Å². The maximum Gasteiger partial charge on any atom is 0.387 e. The normalized spacial score (nSPS) is 10.9. The zero-order chi connectivity index (χ0) is 22.5. The SMILES string of the molecule is COc1cc(CC(=O)Nc2cc(-n3cccn3)nc(-c3ccco3)n2)ccc1OC(F)F. The number of carbonyl (C=O) groups is 1. The van der Waals surface area contributed by atoms with Crippen molar-refractivity contribution in [3.05, 3.63) is 66.7 Å². The summed E-state index contributed by atoms with van der Waals surface area (Å²) < 4.78 is 41.3. The van der Waals surface area contributed by atoms with Crippen molar-refractivity contribution in [3.63, 3.8) is 0 Å². The number of ether oxygens (including phenoxy) is 2. The Labute approximate surface area is 180 Å². The lowest BCUT2D eigenvalue weighted by atomic mass is 10.1. The van der Waals surface area contributed by atoms with Crippen molar-refractivity contribution in [1.82, 2.24) is 19.7 Å². The van der Waals surface area contributed by atoms with Crippen LogP contribution in [0.2, 0.25) is 0 Å². The van der Waals surface area contributed by atoms with Crippen LogP contribution >= 0.6 is 0 Å². The van der Waals surface area contributed by atoms with E-state index < -0.39 is 6.61 Å². The third kappa shape index (κ3) is 4.89. The fourth-order valence-corrected chi connectivity index (χ4v) is 2.92. The van der Waals surface area contributed by atoms with Crippen LogP contribution in [0.25, 0.3) is 17.4 Å². The molecule has 4 rings (SSSR count). The van der Waals surface area contributed by atoms with E-state index in [4.69, 9.17) is 9.15 Å². The Bertz CT molecular complexity index is 1140. The predicted octanol–water partition coefficient (Wildman–Crippen LogP) is 3.71. The molecule has 3 aromatic heterocycles. The largest absolute Gasteiger partial charge is 0.493 e. The van der Waals surface area contributed by atoms with Crippen molar-refractivity contribution >= 4 is 11.7 Å². The lowest BCUT2D eigenvalue weighted by Crippen LogP contribution is -2.16. The molecule has 1 N–H and O–H groups in total. The van der Waals surface area contributed by atoms with Crippen LogP contribution in [-0.4, -0.2) is 39.4 Å². The van der Waals surface area contributed by atoms with Gasteiger partial charge in [-0.1, -0.05) is 6.07 Å². The number of furan rings is 1. The van der Waals surface area contributed by atoms with E-state index in [9.17, 15) is 13.6 Å². The third-order valence-corrected chi connectivity index (χ3v) is 4.27. The Morgan fingerprint density at radius 3 is 2.75 bits per heavy atom. The Kier molecular flexibility index (Phi) is 6.06. The van der Waals surface area contributed by atoms with Gasteiger partial charge < -0.3 is 19.2 Å². The van der Waals surface area contributed by atoms with Crippen LogP contribution in [0.5, 0.6) is 11.5 Å². The van der Waals surface area contributed by atoms with Crippen molar-refractivity contribution in [2.45, 2.75) is 13.0 Å². The van der Waals surface area contributed by atoms with Gasteiger partial charge in [-0.25, -0.2) is 14.6 Å². The van der Waals surface area contributed by atoms with Crippen molar-refractivity contribution in [2.75, 3.05) is 12.4 Å². The van der Waals surface area contributed by atoms with Crippen molar-refractivity contribution in [3.8, 4) is 28.9 Å². The lowest BCUT2D eigenvalue weighted by molar-refractivity contribution is -0.115. The van der Waals surface area contributed by atoms with E-state index in [1.54, 1.807) is 36.7 Å². The number of methoxy groups -OCH3 is 1. The quantitative estimate of drug-likeness (QED) is 0.444. The maximum atomic E-state index is 12.6. The molecule has 0 fully saturated rings. The smallest absolute Gasteiger partial charge is 0.387 e. The standard InChI is InChI=1S/C21H17F2N5O4/c1-30-16-10-13(5-6-14(16)32-21(22)23)11-19(29)25-17-12-18(28-8-3-7-24-28)27-20(26-17)15-4-2-9-31-15/h2-10,12,21H,11H2,1H3,(H,25,26,27,29). The lowest BCUT2D eigenvalue weighted by Gasteiger charge is -2.12. The minimum absolute atomic E-state index is 0.0531. The summed E-state index contributed by atoms with van der Waals surface area (Å²) in [4.78, 5) is 21.4. The molecule has 4 aromatic rings. The number of hydrogen-bond acceptors (Lipinski definition) is 7. The second kappa shape index (κ2) is 9.25. The van der Waals surface area contributed by atoms with E-state index >= 15 is 0 Å². The highest BCUT2D eigenvalue weighted by atomic mass is 19.3. The second-order valence-corrected chi connectivity index (χ2v) is 6.45. The number of amides is 1. The number of benzene rings is 1. The topological polar surface area (TPSA) is 104 Å². The Morgan fingerprint density at radius 1 is 1.19 bits per heavy atom. The van der Waals surface area contributed by atoms with Crippen LogP contribution < -0.4 is 14.8 Å². The Balaban J connectivity index is 1.55. The molecule has 0 spiro atoms. The number of hydrogen-bond donors (Lipinski definition) is 1. The number of alkyl halides is 2. The first-order valence-corrected chi connectivity index (χ1v) is 9.36. The van der Waals surface area contributed by atoms with Crippen LogP contribution in [0.1, 0.15) is 5.56 Å². The molecule has 3 heterocycles. The zero-order valence-corrected chi connectivity index (χ0v) is 16.7. The third-order valence-electron chi connectivity index (χ3n) is 4.27. The first kappa shape index (κ1) is 21.0. The number of nitrogens with one attached hydrogen (secondary N) is 1. The minimum Gasteiger partial charge on any atom is -0.493 e. The van der Waals surface area contributed by atoms with Crippen molar-refractivity contribution in [2.24, 2.45) is 0 Å². The number of rotatable bonds is 8. The van der Waals surface area contributed by atoms with Gasteiger partial charge in [-0.3, -0.25) is 4.79 Å². The van der Waals surface area contributed by atoms with Crippen LogP contribution in [0.3, 0.4) is 0 Å². The zero-order valence-electron chi connectivity index (χ0n) is 16.7. The summed E-state index contributed by atoms with van der Waals surface area (Å²) in [5, 5.41) is 6.86. The molecule has 0 aliphatic rings. The van der Waals surface area contributed by atoms with Crippen LogP contribution in [0.4, 0.5) is 14.6 Å². The van der Waals surface area contributed by atoms with Gasteiger partial charge in [0.15, 0.2) is 28.9 Å². The molecule has 1 aromatic carbocycles. The molecule has 1 amide bonds. The van der Waals surface area contributed by atoms with Gasteiger partial charge in [0.05, 0.1) is 19.8 Å². The fourth-order valence-electron chi connectivity index (χ4n) is 2.92. The Morgan fingerprint density at radius 2 is 2.06 bits per heavy atom. The summed E-state index contributed by atoms with van der Waals surface area (Å²) in [6.07, 6.45) is 4.74. The number of aromatic nitrogens is 4. The fraction of sp³-hybridized carbons (Fsp3) is 0.143. The second-order valence-electron chi connectivity index (χ2n) is 6.45. The first-order valence-electron chi connectivity index (χ1n) is 9.36. The van der Waals surface area contributed by atoms with Gasteiger partial charge in [0.25, 0.3) is 0 Å². The maximum absolute atomic E-state index is 12.6. The molecule has 11 heteroatoms. The summed E-state index contributed by atoms with van der Waals surface area (Å²) in [7, 11) is 1.32. The average Bonchev–Trinajstić information content (AvgIpc) is 3.48. The highest BCUT2D eigenvalue weighted by molar-refractivity contribution is 5.91. The van der Waals surface area contributed by atoms with Gasteiger partial charge in [-0.05, 0) is 35.9 Å². The Hall–Kier alpha value is -4.28. The van der Waals surface area contributed by atoms with E-state index in [0.717, 1.165) is 0 Å². The molecule has 32 heavy (non-hydrogen) atoms. The van der Waals surface area contributed by atoms with E-state index in [2.05, 4.69) is 25.1 Å². The number of anilines is 1. The predicted molar refractivity (Wildman–Crippen MR) is 109 cm³/mol. The van der Waals surface area contributed by atoms with Gasteiger partial charge in [0, 0.05) is 18.5 Å². The molecule has 164 valence electrons. The first-order chi connectivity index (χ1) is 15.5. The van der Waals surface area contributed by atoms with Crippen LogP contribution in [0, 0.1) is 0 Å². The number of nitrogens with zero attached hydrogens (tertiary/aromatic N) is 4. The molecular weight excluding hydrogens is 424 g/mol.